The highest BCUT2D eigenvalue weighted by Crippen LogP contribution is 2.26. The second-order valence-electron chi connectivity index (χ2n) is 4.69. The maximum Gasteiger partial charge on any atom is 0.313 e. The Hall–Kier alpha value is -0.910. The molecule has 1 unspecified atom stereocenters. The molecule has 17 heavy (non-hydrogen) atoms. The summed E-state index contributed by atoms with van der Waals surface area (Å²) in [4.78, 5) is 10.9. The zero-order chi connectivity index (χ0) is 13.2. The van der Waals surface area contributed by atoms with Gasteiger partial charge in [0.25, 0.3) is 0 Å². The smallest absolute Gasteiger partial charge is 0.265 e. The molecule has 0 amide bonds. The summed E-state index contributed by atoms with van der Waals surface area (Å²) in [6.07, 6.45) is 1.62. The van der Waals surface area contributed by atoms with E-state index in [2.05, 4.69) is 34.9 Å². The third kappa shape index (κ3) is 3.52. The van der Waals surface area contributed by atoms with Gasteiger partial charge in [0.15, 0.2) is 0 Å². The number of aromatic nitrogens is 2. The van der Waals surface area contributed by atoms with Crippen LogP contribution in [0.3, 0.4) is 0 Å². The van der Waals surface area contributed by atoms with Gasteiger partial charge in [-0.3, -0.25) is 14.8 Å². The molecule has 0 aromatic carbocycles. The molecule has 0 fully saturated rings. The minimum atomic E-state index is -0.341. The first-order valence-corrected chi connectivity index (χ1v) is 6.55. The summed E-state index contributed by atoms with van der Waals surface area (Å²) in [6, 6.07) is 0. The van der Waals surface area contributed by atoms with Gasteiger partial charge in [0, 0.05) is 18.3 Å². The highest BCUT2D eigenvalue weighted by atomic mass is 79.9. The number of hydrogen-bond donors (Lipinski definition) is 0. The van der Waals surface area contributed by atoms with Gasteiger partial charge in [-0.25, -0.2) is 0 Å². The molecular formula is C11H18BrN3O2. The molecule has 6 heteroatoms. The lowest BCUT2D eigenvalue weighted by molar-refractivity contribution is -0.386. The molecule has 1 heterocycles. The Morgan fingerprint density at radius 3 is 2.59 bits per heavy atom. The van der Waals surface area contributed by atoms with Crippen LogP contribution in [0.4, 0.5) is 5.69 Å². The third-order valence-electron chi connectivity index (χ3n) is 2.63. The SMILES string of the molecule is Cc1nn(C)c(CC(Br)CC(C)C)c1[N+](=O)[O-]. The summed E-state index contributed by atoms with van der Waals surface area (Å²) in [5, 5.41) is 15.1. The van der Waals surface area contributed by atoms with Crippen LogP contribution >= 0.6 is 15.9 Å². The quantitative estimate of drug-likeness (QED) is 0.477. The van der Waals surface area contributed by atoms with Crippen molar-refractivity contribution in [1.29, 1.82) is 0 Å². The van der Waals surface area contributed by atoms with E-state index in [1.54, 1.807) is 18.7 Å². The number of alkyl halides is 1. The first-order valence-electron chi connectivity index (χ1n) is 5.63. The van der Waals surface area contributed by atoms with Gasteiger partial charge < -0.3 is 0 Å². The van der Waals surface area contributed by atoms with Gasteiger partial charge in [-0.2, -0.15) is 5.10 Å². The molecule has 0 spiro atoms. The van der Waals surface area contributed by atoms with Gasteiger partial charge in [-0.15, -0.1) is 0 Å². The molecule has 0 N–H and O–H groups in total. The number of nitrogens with zero attached hydrogens (tertiary/aromatic N) is 3. The monoisotopic (exact) mass is 303 g/mol. The maximum atomic E-state index is 11.0. The second kappa shape index (κ2) is 5.62. The minimum Gasteiger partial charge on any atom is -0.265 e. The predicted octanol–water partition coefficient (Wildman–Crippen LogP) is 2.99. The van der Waals surface area contributed by atoms with E-state index in [4.69, 9.17) is 0 Å². The molecule has 1 aromatic rings. The molecule has 5 nitrogen and oxygen atoms in total. The fraction of sp³-hybridized carbons (Fsp3) is 0.727. The van der Waals surface area contributed by atoms with Crippen LogP contribution < -0.4 is 0 Å². The standard InChI is InChI=1S/C11H18BrN3O2/c1-7(2)5-9(12)6-10-11(15(16)17)8(3)13-14(10)4/h7,9H,5-6H2,1-4H3. The number of nitro groups is 1. The van der Waals surface area contributed by atoms with E-state index in [1.165, 1.54) is 0 Å². The molecule has 96 valence electrons. The lowest BCUT2D eigenvalue weighted by atomic mass is 10.0. The van der Waals surface area contributed by atoms with E-state index in [9.17, 15) is 10.1 Å². The lowest BCUT2D eigenvalue weighted by Gasteiger charge is -2.11. The van der Waals surface area contributed by atoms with Crippen LogP contribution in [0, 0.1) is 23.0 Å². The van der Waals surface area contributed by atoms with Crippen molar-refractivity contribution in [2.24, 2.45) is 13.0 Å². The molecule has 0 bridgehead atoms. The van der Waals surface area contributed by atoms with Crippen LogP contribution in [-0.2, 0) is 13.5 Å². The number of halogens is 1. The summed E-state index contributed by atoms with van der Waals surface area (Å²) in [7, 11) is 1.75. The van der Waals surface area contributed by atoms with E-state index in [0.717, 1.165) is 6.42 Å². The topological polar surface area (TPSA) is 61.0 Å². The summed E-state index contributed by atoms with van der Waals surface area (Å²) in [6.45, 7) is 5.95. The Labute approximate surface area is 109 Å². The summed E-state index contributed by atoms with van der Waals surface area (Å²) in [5.74, 6) is 0.563. The van der Waals surface area contributed by atoms with Crippen molar-refractivity contribution in [3.63, 3.8) is 0 Å². The van der Waals surface area contributed by atoms with E-state index in [0.29, 0.717) is 23.7 Å². The Morgan fingerprint density at radius 1 is 1.53 bits per heavy atom. The molecule has 0 aliphatic rings. The Balaban J connectivity index is 2.94. The zero-order valence-electron chi connectivity index (χ0n) is 10.6. The van der Waals surface area contributed by atoms with Gasteiger partial charge in [0.2, 0.25) is 0 Å². The van der Waals surface area contributed by atoms with Crippen LogP contribution in [0.15, 0.2) is 0 Å². The van der Waals surface area contributed by atoms with Crippen molar-refractivity contribution in [3.05, 3.63) is 21.5 Å². The van der Waals surface area contributed by atoms with E-state index < -0.39 is 0 Å². The van der Waals surface area contributed by atoms with Crippen LogP contribution in [0.1, 0.15) is 31.7 Å². The van der Waals surface area contributed by atoms with Gasteiger partial charge in [-0.1, -0.05) is 29.8 Å². The molecule has 0 saturated carbocycles. The highest BCUT2D eigenvalue weighted by molar-refractivity contribution is 9.09. The van der Waals surface area contributed by atoms with Crippen molar-refractivity contribution >= 4 is 21.6 Å². The molecule has 1 aromatic heterocycles. The predicted molar refractivity (Wildman–Crippen MR) is 70.5 cm³/mol. The van der Waals surface area contributed by atoms with Gasteiger partial charge >= 0.3 is 5.69 Å². The summed E-state index contributed by atoms with van der Waals surface area (Å²) < 4.78 is 1.61. The fourth-order valence-corrected chi connectivity index (χ4v) is 3.02. The average Bonchev–Trinajstić information content (AvgIpc) is 2.39. The Morgan fingerprint density at radius 2 is 2.12 bits per heavy atom. The van der Waals surface area contributed by atoms with Crippen molar-refractivity contribution in [3.8, 4) is 0 Å². The number of aryl methyl sites for hydroxylation is 2. The number of hydrogen-bond acceptors (Lipinski definition) is 3. The van der Waals surface area contributed by atoms with Crippen molar-refractivity contribution < 1.29 is 4.92 Å². The Bertz CT molecular complexity index is 415. The van der Waals surface area contributed by atoms with Crippen LogP contribution in [0.2, 0.25) is 0 Å². The van der Waals surface area contributed by atoms with Crippen molar-refractivity contribution in [2.45, 2.75) is 38.4 Å². The van der Waals surface area contributed by atoms with Crippen LogP contribution in [0.25, 0.3) is 0 Å². The molecule has 0 aliphatic heterocycles. The molecule has 0 radical (unpaired) electrons. The normalized spacial score (nSPS) is 13.1. The highest BCUT2D eigenvalue weighted by Gasteiger charge is 2.25. The largest absolute Gasteiger partial charge is 0.313 e. The summed E-state index contributed by atoms with van der Waals surface area (Å²) in [5.41, 5.74) is 1.33. The third-order valence-corrected chi connectivity index (χ3v) is 3.33. The fourth-order valence-electron chi connectivity index (χ4n) is 1.97. The molecule has 1 rings (SSSR count). The summed E-state index contributed by atoms with van der Waals surface area (Å²) >= 11 is 3.58. The molecule has 0 saturated heterocycles. The lowest BCUT2D eigenvalue weighted by Crippen LogP contribution is -2.11. The van der Waals surface area contributed by atoms with E-state index >= 15 is 0 Å². The number of rotatable bonds is 5. The molecular weight excluding hydrogens is 286 g/mol. The van der Waals surface area contributed by atoms with E-state index in [-0.39, 0.29) is 15.4 Å². The second-order valence-corrected chi connectivity index (χ2v) is 5.99. The van der Waals surface area contributed by atoms with Crippen LogP contribution in [0.5, 0.6) is 0 Å². The maximum absolute atomic E-state index is 11.0. The molecule has 1 atom stereocenters. The Kier molecular flexibility index (Phi) is 4.68. The zero-order valence-corrected chi connectivity index (χ0v) is 12.2. The van der Waals surface area contributed by atoms with Gasteiger partial charge in [0.05, 0.1) is 4.92 Å². The molecule has 0 aliphatic carbocycles. The van der Waals surface area contributed by atoms with Gasteiger partial charge in [0.1, 0.15) is 11.4 Å². The first kappa shape index (κ1) is 14.2. The average molecular weight is 304 g/mol. The van der Waals surface area contributed by atoms with Crippen molar-refractivity contribution in [2.75, 3.05) is 0 Å². The first-order chi connectivity index (χ1) is 7.82. The van der Waals surface area contributed by atoms with Crippen molar-refractivity contribution in [1.82, 2.24) is 9.78 Å². The minimum absolute atomic E-state index is 0.153. The van der Waals surface area contributed by atoms with Gasteiger partial charge in [-0.05, 0) is 19.3 Å². The van der Waals surface area contributed by atoms with Crippen LogP contribution in [-0.4, -0.2) is 19.5 Å². The van der Waals surface area contributed by atoms with E-state index in [1.807, 2.05) is 0 Å².